The number of para-hydroxylation sites is 2. The highest BCUT2D eigenvalue weighted by atomic mass is 15.0. The third-order valence-corrected chi connectivity index (χ3v) is 6.16. The van der Waals surface area contributed by atoms with Crippen LogP contribution in [0.2, 0.25) is 0 Å². The average molecular weight is 384 g/mol. The molecule has 0 radical (unpaired) electrons. The maximum atomic E-state index is 8.62. The Labute approximate surface area is 175 Å². The summed E-state index contributed by atoms with van der Waals surface area (Å²) in [6, 6.07) is 31.5. The fraction of sp³-hybridized carbons (Fsp3) is 0. The lowest BCUT2D eigenvalue weighted by molar-refractivity contribution is 1.18. The molecular formula is C28H18N2. The molecule has 5 aromatic carbocycles. The van der Waals surface area contributed by atoms with Gasteiger partial charge in [0, 0.05) is 38.3 Å². The van der Waals surface area contributed by atoms with Crippen molar-refractivity contribution in [1.29, 1.82) is 0 Å². The second-order valence-electron chi connectivity index (χ2n) is 7.78. The van der Waals surface area contributed by atoms with Gasteiger partial charge >= 0.3 is 0 Å². The molecule has 0 atom stereocenters. The van der Waals surface area contributed by atoms with Crippen molar-refractivity contribution in [2.24, 2.45) is 0 Å². The molecule has 0 unspecified atom stereocenters. The quantitative estimate of drug-likeness (QED) is 0.301. The molecule has 0 saturated carbocycles. The first-order valence-electron chi connectivity index (χ1n) is 11.1. The number of H-pyrrole nitrogens is 1. The van der Waals surface area contributed by atoms with E-state index < -0.39 is 0 Å². The summed E-state index contributed by atoms with van der Waals surface area (Å²) in [5, 5.41) is 7.13. The topological polar surface area (TPSA) is 20.7 Å². The van der Waals surface area contributed by atoms with Gasteiger partial charge in [-0.15, -0.1) is 0 Å². The number of hydrogen-bond acceptors (Lipinski definition) is 0. The van der Waals surface area contributed by atoms with Crippen LogP contribution in [-0.4, -0.2) is 9.55 Å². The van der Waals surface area contributed by atoms with Gasteiger partial charge in [-0.3, -0.25) is 0 Å². The summed E-state index contributed by atoms with van der Waals surface area (Å²) in [5.41, 5.74) is 5.00. The van der Waals surface area contributed by atoms with E-state index >= 15 is 0 Å². The molecule has 2 nitrogen and oxygen atoms in total. The summed E-state index contributed by atoms with van der Waals surface area (Å²) in [6.45, 7) is 0. The molecule has 0 saturated heterocycles. The van der Waals surface area contributed by atoms with E-state index in [1.165, 1.54) is 26.9 Å². The largest absolute Gasteiger partial charge is 0.354 e. The Morgan fingerprint density at radius 1 is 0.633 bits per heavy atom. The molecule has 0 bridgehead atoms. The van der Waals surface area contributed by atoms with E-state index in [0.717, 1.165) is 33.1 Å². The van der Waals surface area contributed by atoms with Crippen LogP contribution in [0.25, 0.3) is 60.1 Å². The molecule has 7 aromatic rings. The van der Waals surface area contributed by atoms with Gasteiger partial charge in [-0.25, -0.2) is 0 Å². The third-order valence-electron chi connectivity index (χ3n) is 6.16. The zero-order valence-electron chi connectivity index (χ0n) is 18.1. The molecule has 0 spiro atoms. The fourth-order valence-electron chi connectivity index (χ4n) is 4.87. The second kappa shape index (κ2) is 5.74. The summed E-state index contributed by atoms with van der Waals surface area (Å²) in [6.07, 6.45) is 0. The summed E-state index contributed by atoms with van der Waals surface area (Å²) < 4.78 is 19.0. The van der Waals surface area contributed by atoms with E-state index in [0.29, 0.717) is 0 Å². The van der Waals surface area contributed by atoms with Gasteiger partial charge in [-0.05, 0) is 47.1 Å². The van der Waals surface area contributed by atoms with E-state index in [2.05, 4.69) is 76.3 Å². The summed E-state index contributed by atoms with van der Waals surface area (Å²) in [7, 11) is 0. The van der Waals surface area contributed by atoms with Crippen molar-refractivity contribution >= 4 is 54.4 Å². The number of hydrogen-bond donors (Lipinski definition) is 1. The lowest BCUT2D eigenvalue weighted by Crippen LogP contribution is -1.93. The predicted molar refractivity (Wildman–Crippen MR) is 128 cm³/mol. The smallest absolute Gasteiger partial charge is 0.0645 e. The van der Waals surface area contributed by atoms with Gasteiger partial charge in [0.25, 0.3) is 0 Å². The fourth-order valence-corrected chi connectivity index (χ4v) is 4.87. The number of benzene rings is 5. The molecule has 0 aliphatic rings. The number of rotatable bonds is 1. The van der Waals surface area contributed by atoms with Crippen LogP contribution in [0.15, 0.2) is 103 Å². The Kier molecular flexibility index (Phi) is 2.68. The zero-order valence-corrected chi connectivity index (χ0v) is 16.1. The van der Waals surface area contributed by atoms with Gasteiger partial charge in [-0.2, -0.15) is 0 Å². The first-order valence-corrected chi connectivity index (χ1v) is 10.1. The third kappa shape index (κ3) is 2.03. The molecular weight excluding hydrogens is 364 g/mol. The highest BCUT2D eigenvalue weighted by Crippen LogP contribution is 2.39. The van der Waals surface area contributed by atoms with E-state index in [4.69, 9.17) is 2.74 Å². The first kappa shape index (κ1) is 14.0. The Balaban J connectivity index is 1.76. The van der Waals surface area contributed by atoms with E-state index in [9.17, 15) is 0 Å². The van der Waals surface area contributed by atoms with E-state index in [1.54, 1.807) is 6.07 Å². The van der Waals surface area contributed by atoms with Crippen LogP contribution >= 0.6 is 0 Å². The van der Waals surface area contributed by atoms with Crippen LogP contribution in [0.1, 0.15) is 2.74 Å². The molecule has 30 heavy (non-hydrogen) atoms. The van der Waals surface area contributed by atoms with Crippen molar-refractivity contribution in [3.05, 3.63) is 103 Å². The lowest BCUT2D eigenvalue weighted by Gasteiger charge is -2.08. The van der Waals surface area contributed by atoms with E-state index in [1.807, 2.05) is 18.2 Å². The Morgan fingerprint density at radius 2 is 1.47 bits per heavy atom. The standard InChI is InChI=1S/C28H18N2/c1-2-9-19(10-3-1)30-26-15-14-18-8-4-5-11-20(18)28(26)23-16-22-21-12-6-7-13-24(21)29-25(22)17-27(23)30/h1-17,29H/i2D,9D. The van der Waals surface area contributed by atoms with Gasteiger partial charge in [0.05, 0.1) is 13.8 Å². The number of aromatic nitrogens is 2. The van der Waals surface area contributed by atoms with Crippen LogP contribution in [0.5, 0.6) is 0 Å². The van der Waals surface area contributed by atoms with Gasteiger partial charge < -0.3 is 9.55 Å². The van der Waals surface area contributed by atoms with Crippen molar-refractivity contribution in [3.63, 3.8) is 0 Å². The highest BCUT2D eigenvalue weighted by Gasteiger charge is 2.16. The van der Waals surface area contributed by atoms with Crippen molar-refractivity contribution in [2.45, 2.75) is 0 Å². The number of nitrogens with one attached hydrogen (secondary N) is 1. The van der Waals surface area contributed by atoms with Crippen molar-refractivity contribution < 1.29 is 2.74 Å². The molecule has 7 rings (SSSR count). The minimum Gasteiger partial charge on any atom is -0.354 e. The monoisotopic (exact) mass is 384 g/mol. The number of fused-ring (bicyclic) bond motifs is 8. The molecule has 0 aliphatic carbocycles. The molecule has 1 N–H and O–H groups in total. The average Bonchev–Trinajstić information content (AvgIpc) is 3.34. The second-order valence-corrected chi connectivity index (χ2v) is 7.78. The van der Waals surface area contributed by atoms with Gasteiger partial charge in [0.1, 0.15) is 0 Å². The lowest BCUT2D eigenvalue weighted by atomic mass is 10.0. The molecule has 0 fully saturated rings. The van der Waals surface area contributed by atoms with Crippen LogP contribution in [0.4, 0.5) is 0 Å². The molecule has 2 aromatic heterocycles. The summed E-state index contributed by atoms with van der Waals surface area (Å²) in [5.74, 6) is 0. The Bertz CT molecular complexity index is 1860. The Hall–Kier alpha value is -4.04. The summed E-state index contributed by atoms with van der Waals surface area (Å²) >= 11 is 0. The first-order chi connectivity index (χ1) is 15.7. The summed E-state index contributed by atoms with van der Waals surface area (Å²) in [4.78, 5) is 3.56. The zero-order chi connectivity index (χ0) is 21.4. The van der Waals surface area contributed by atoms with Crippen LogP contribution in [0, 0.1) is 0 Å². The highest BCUT2D eigenvalue weighted by molar-refractivity contribution is 6.24. The number of nitrogens with zero attached hydrogens (tertiary/aromatic N) is 1. The van der Waals surface area contributed by atoms with Crippen molar-refractivity contribution in [1.82, 2.24) is 9.55 Å². The van der Waals surface area contributed by atoms with Crippen molar-refractivity contribution in [2.75, 3.05) is 0 Å². The van der Waals surface area contributed by atoms with Crippen LogP contribution < -0.4 is 0 Å². The van der Waals surface area contributed by atoms with E-state index in [-0.39, 0.29) is 12.1 Å². The predicted octanol–water partition coefficient (Wildman–Crippen LogP) is 7.57. The molecule has 140 valence electrons. The van der Waals surface area contributed by atoms with Crippen molar-refractivity contribution in [3.8, 4) is 5.69 Å². The van der Waals surface area contributed by atoms with Gasteiger partial charge in [0.15, 0.2) is 0 Å². The minimum absolute atomic E-state index is 0.227. The molecule has 0 aliphatic heterocycles. The Morgan fingerprint density at radius 3 is 2.43 bits per heavy atom. The number of aromatic amines is 1. The molecule has 2 heteroatoms. The SMILES string of the molecule is [2H]c1cccc(-n2c3cc4[nH]c5ccccc5c4cc3c3c4ccccc4ccc32)c1[2H]. The van der Waals surface area contributed by atoms with Gasteiger partial charge in [0.2, 0.25) is 0 Å². The molecule has 0 amide bonds. The van der Waals surface area contributed by atoms with Crippen LogP contribution in [0.3, 0.4) is 0 Å². The van der Waals surface area contributed by atoms with Gasteiger partial charge in [-0.1, -0.05) is 66.7 Å². The maximum Gasteiger partial charge on any atom is 0.0645 e. The van der Waals surface area contributed by atoms with Crippen LogP contribution in [-0.2, 0) is 0 Å². The minimum atomic E-state index is 0.227. The normalized spacial score (nSPS) is 12.9. The maximum absolute atomic E-state index is 8.62. The molecule has 2 heterocycles.